The first kappa shape index (κ1) is 19.4. The Morgan fingerprint density at radius 2 is 2.10 bits per heavy atom. The molecule has 1 N–H and O–H groups in total. The molecule has 7 nitrogen and oxygen atoms in total. The fraction of sp³-hybridized carbons (Fsp3) is 0.409. The molecule has 1 fully saturated rings. The van der Waals surface area contributed by atoms with E-state index in [2.05, 4.69) is 65.4 Å². The Balaban J connectivity index is 1.92. The van der Waals surface area contributed by atoms with Crippen LogP contribution in [0.25, 0.3) is 22.3 Å². The number of hydrogen-bond acceptors (Lipinski definition) is 6. The summed E-state index contributed by atoms with van der Waals surface area (Å²) in [5, 5.41) is 8.18. The number of pyridine rings is 2. The van der Waals surface area contributed by atoms with Gasteiger partial charge in [0.1, 0.15) is 17.0 Å². The monoisotopic (exact) mass is 392 g/mol. The predicted octanol–water partition coefficient (Wildman–Crippen LogP) is 3.85. The molecule has 0 amide bonds. The molecule has 0 atom stereocenters. The Morgan fingerprint density at radius 3 is 2.79 bits per heavy atom. The van der Waals surface area contributed by atoms with Gasteiger partial charge in [-0.15, -0.1) is 0 Å². The van der Waals surface area contributed by atoms with E-state index < -0.39 is 0 Å². The Hall–Kier alpha value is -2.93. The number of anilines is 2. The number of aromatic nitrogens is 4. The van der Waals surface area contributed by atoms with Crippen molar-refractivity contribution in [2.24, 2.45) is 5.41 Å². The van der Waals surface area contributed by atoms with E-state index in [1.165, 1.54) is 0 Å². The summed E-state index contributed by atoms with van der Waals surface area (Å²) in [6.07, 6.45) is 3.57. The van der Waals surface area contributed by atoms with Gasteiger partial charge in [-0.1, -0.05) is 27.4 Å². The summed E-state index contributed by atoms with van der Waals surface area (Å²) in [6, 6.07) is 6.11. The third-order valence-electron chi connectivity index (χ3n) is 4.96. The summed E-state index contributed by atoms with van der Waals surface area (Å²) in [7, 11) is 2.13. The largest absolute Gasteiger partial charge is 0.373 e. The summed E-state index contributed by atoms with van der Waals surface area (Å²) in [6.45, 7) is 13.7. The van der Waals surface area contributed by atoms with Gasteiger partial charge in [0.25, 0.3) is 0 Å². The minimum absolute atomic E-state index is 0.159. The van der Waals surface area contributed by atoms with E-state index in [9.17, 15) is 0 Å². The van der Waals surface area contributed by atoms with Crippen molar-refractivity contribution >= 4 is 22.4 Å². The lowest BCUT2D eigenvalue weighted by molar-refractivity contribution is 0.143. The summed E-state index contributed by atoms with van der Waals surface area (Å²) in [5.74, 6) is 0.871. The maximum atomic E-state index is 5.54. The third kappa shape index (κ3) is 3.96. The van der Waals surface area contributed by atoms with E-state index in [0.717, 1.165) is 52.6 Å². The number of morpholine rings is 1. The van der Waals surface area contributed by atoms with Crippen LogP contribution >= 0.6 is 0 Å². The second-order valence-electron chi connectivity index (χ2n) is 8.71. The van der Waals surface area contributed by atoms with Crippen molar-refractivity contribution in [2.45, 2.75) is 20.8 Å². The Labute approximate surface area is 171 Å². The molecule has 4 rings (SSSR count). The first-order chi connectivity index (χ1) is 13.8. The second kappa shape index (κ2) is 7.48. The van der Waals surface area contributed by atoms with Crippen LogP contribution in [-0.4, -0.2) is 53.5 Å². The van der Waals surface area contributed by atoms with E-state index in [0.29, 0.717) is 13.2 Å². The Morgan fingerprint density at radius 1 is 1.28 bits per heavy atom. The molecule has 7 heteroatoms. The fourth-order valence-electron chi connectivity index (χ4n) is 3.81. The fourth-order valence-corrected chi connectivity index (χ4v) is 3.81. The molecule has 1 saturated heterocycles. The molecule has 0 unspecified atom stereocenters. The summed E-state index contributed by atoms with van der Waals surface area (Å²) < 4.78 is 5.54. The van der Waals surface area contributed by atoms with E-state index >= 15 is 0 Å². The normalized spacial score (nSPS) is 15.2. The molecule has 3 aromatic rings. The molecular formula is C22H28N6O. The second-order valence-corrected chi connectivity index (χ2v) is 8.71. The Kier molecular flexibility index (Phi) is 5.00. The molecular weight excluding hydrogens is 364 g/mol. The van der Waals surface area contributed by atoms with Gasteiger partial charge in [0, 0.05) is 55.4 Å². The molecule has 4 heterocycles. The van der Waals surface area contributed by atoms with Gasteiger partial charge < -0.3 is 14.5 Å². The van der Waals surface area contributed by atoms with Crippen molar-refractivity contribution in [1.82, 2.24) is 20.2 Å². The summed E-state index contributed by atoms with van der Waals surface area (Å²) in [4.78, 5) is 14.1. The highest BCUT2D eigenvalue weighted by Crippen LogP contribution is 2.35. The van der Waals surface area contributed by atoms with Gasteiger partial charge in [0.15, 0.2) is 0 Å². The van der Waals surface area contributed by atoms with Crippen LogP contribution in [-0.2, 0) is 4.74 Å². The van der Waals surface area contributed by atoms with Crippen molar-refractivity contribution in [3.05, 3.63) is 42.9 Å². The summed E-state index contributed by atoms with van der Waals surface area (Å²) in [5.41, 5.74) is 4.70. The van der Waals surface area contributed by atoms with Gasteiger partial charge in [-0.2, -0.15) is 5.10 Å². The van der Waals surface area contributed by atoms with Crippen LogP contribution in [0.4, 0.5) is 11.5 Å². The van der Waals surface area contributed by atoms with Crippen molar-refractivity contribution in [1.29, 1.82) is 0 Å². The van der Waals surface area contributed by atoms with Gasteiger partial charge in [-0.05, 0) is 17.5 Å². The SMILES string of the molecule is C=C1COCCN1c1cc(N(C)CC(C)(C)C)c2ccnc(-c3ccn[nH]3)c2n1. The zero-order valence-electron chi connectivity index (χ0n) is 17.6. The number of hydrogen-bond donors (Lipinski definition) is 1. The number of rotatable bonds is 4. The average molecular weight is 393 g/mol. The molecule has 1 aliphatic rings. The van der Waals surface area contributed by atoms with Gasteiger partial charge in [0.05, 0.1) is 18.9 Å². The number of nitrogens with one attached hydrogen (secondary N) is 1. The lowest BCUT2D eigenvalue weighted by atomic mass is 9.96. The Bertz CT molecular complexity index is 1020. The van der Waals surface area contributed by atoms with Crippen molar-refractivity contribution in [3.8, 4) is 11.4 Å². The van der Waals surface area contributed by atoms with Crippen LogP contribution in [0.2, 0.25) is 0 Å². The molecule has 0 radical (unpaired) electrons. The first-order valence-corrected chi connectivity index (χ1v) is 9.87. The minimum Gasteiger partial charge on any atom is -0.373 e. The van der Waals surface area contributed by atoms with Crippen molar-refractivity contribution in [2.75, 3.05) is 43.2 Å². The van der Waals surface area contributed by atoms with Crippen LogP contribution < -0.4 is 9.80 Å². The standard InChI is InChI=1S/C22H28N6O/c1-15-13-29-11-10-28(15)19-12-18(27(5)14-22(2,3)4)16-6-8-23-21(20(16)25-19)17-7-9-24-26-17/h6-9,12H,1,10-11,13-14H2,2-5H3,(H,24,26). The van der Waals surface area contributed by atoms with Crippen LogP contribution in [0, 0.1) is 5.41 Å². The number of nitrogens with zero attached hydrogens (tertiary/aromatic N) is 5. The molecule has 29 heavy (non-hydrogen) atoms. The average Bonchev–Trinajstić information content (AvgIpc) is 3.20. The molecule has 0 bridgehead atoms. The van der Waals surface area contributed by atoms with Gasteiger partial charge >= 0.3 is 0 Å². The zero-order valence-corrected chi connectivity index (χ0v) is 17.6. The molecule has 1 aliphatic heterocycles. The zero-order chi connectivity index (χ0) is 20.6. The smallest absolute Gasteiger partial charge is 0.135 e. The van der Waals surface area contributed by atoms with E-state index in [-0.39, 0.29) is 5.41 Å². The molecule has 0 aromatic carbocycles. The van der Waals surface area contributed by atoms with Crippen LogP contribution in [0.1, 0.15) is 20.8 Å². The highest BCUT2D eigenvalue weighted by molar-refractivity contribution is 6.00. The van der Waals surface area contributed by atoms with E-state index in [1.54, 1.807) is 6.20 Å². The van der Waals surface area contributed by atoms with Gasteiger partial charge in [0.2, 0.25) is 0 Å². The van der Waals surface area contributed by atoms with Crippen molar-refractivity contribution in [3.63, 3.8) is 0 Å². The molecule has 0 saturated carbocycles. The predicted molar refractivity (Wildman–Crippen MR) is 117 cm³/mol. The van der Waals surface area contributed by atoms with E-state index in [1.807, 2.05) is 18.3 Å². The highest BCUT2D eigenvalue weighted by Gasteiger charge is 2.23. The van der Waals surface area contributed by atoms with Gasteiger partial charge in [-0.3, -0.25) is 10.1 Å². The lowest BCUT2D eigenvalue weighted by Crippen LogP contribution is -2.35. The minimum atomic E-state index is 0.159. The van der Waals surface area contributed by atoms with E-state index in [4.69, 9.17) is 9.72 Å². The first-order valence-electron chi connectivity index (χ1n) is 9.87. The number of fused-ring (bicyclic) bond motifs is 1. The number of ether oxygens (including phenoxy) is 1. The number of aromatic amines is 1. The number of H-pyrrole nitrogens is 1. The maximum absolute atomic E-state index is 5.54. The molecule has 3 aromatic heterocycles. The van der Waals surface area contributed by atoms with Crippen molar-refractivity contribution < 1.29 is 4.74 Å². The molecule has 0 spiro atoms. The lowest BCUT2D eigenvalue weighted by Gasteiger charge is -2.33. The van der Waals surface area contributed by atoms with Gasteiger partial charge in [-0.25, -0.2) is 4.98 Å². The van der Waals surface area contributed by atoms with Crippen LogP contribution in [0.15, 0.2) is 42.9 Å². The quantitative estimate of drug-likeness (QED) is 0.727. The third-order valence-corrected chi connectivity index (χ3v) is 4.96. The topological polar surface area (TPSA) is 70.2 Å². The molecule has 152 valence electrons. The van der Waals surface area contributed by atoms with Crippen LogP contribution in [0.5, 0.6) is 0 Å². The highest BCUT2D eigenvalue weighted by atomic mass is 16.5. The molecule has 0 aliphatic carbocycles. The maximum Gasteiger partial charge on any atom is 0.135 e. The van der Waals surface area contributed by atoms with Crippen LogP contribution in [0.3, 0.4) is 0 Å². The summed E-state index contributed by atoms with van der Waals surface area (Å²) >= 11 is 0.